The highest BCUT2D eigenvalue weighted by Gasteiger charge is 2.55. The van der Waals surface area contributed by atoms with Crippen LogP contribution >= 0.6 is 0 Å². The van der Waals surface area contributed by atoms with Crippen LogP contribution in [0.15, 0.2) is 24.3 Å². The van der Waals surface area contributed by atoms with Gasteiger partial charge in [0, 0.05) is 6.04 Å². The molecular weight excluding hydrogens is 354 g/mol. The number of hydrogen-bond acceptors (Lipinski definition) is 8. The van der Waals surface area contributed by atoms with Gasteiger partial charge in [-0.1, -0.05) is 12.1 Å². The van der Waals surface area contributed by atoms with E-state index in [9.17, 15) is 14.4 Å². The first-order valence-electron chi connectivity index (χ1n) is 8.79. The number of carbonyl (C=O) groups excluding carboxylic acids is 3. The van der Waals surface area contributed by atoms with Crippen LogP contribution in [0.2, 0.25) is 0 Å². The maximum atomic E-state index is 12.7. The molecule has 0 amide bonds. The van der Waals surface area contributed by atoms with Crippen LogP contribution < -0.4 is 10.1 Å². The minimum Gasteiger partial charge on any atom is -0.497 e. The summed E-state index contributed by atoms with van der Waals surface area (Å²) in [4.78, 5) is 37.5. The van der Waals surface area contributed by atoms with Gasteiger partial charge in [0.15, 0.2) is 0 Å². The maximum absolute atomic E-state index is 12.7. The molecule has 1 aliphatic heterocycles. The predicted octanol–water partition coefficient (Wildman–Crippen LogP) is 1.24. The number of esters is 3. The Morgan fingerprint density at radius 3 is 1.93 bits per heavy atom. The van der Waals surface area contributed by atoms with Gasteiger partial charge in [0.25, 0.3) is 0 Å². The highest BCUT2D eigenvalue weighted by molar-refractivity contribution is 5.91. The molecule has 0 saturated carbocycles. The van der Waals surface area contributed by atoms with E-state index in [1.807, 2.05) is 0 Å². The molecule has 8 nitrogen and oxygen atoms in total. The summed E-state index contributed by atoms with van der Waals surface area (Å²) in [5.41, 5.74) is 0.717. The van der Waals surface area contributed by atoms with Crippen LogP contribution in [0.4, 0.5) is 0 Å². The number of benzene rings is 1. The van der Waals surface area contributed by atoms with Crippen molar-refractivity contribution in [3.63, 3.8) is 0 Å². The van der Waals surface area contributed by atoms with Crippen LogP contribution in [0, 0.1) is 11.8 Å². The molecule has 1 fully saturated rings. The molecule has 0 aromatic heterocycles. The molecule has 0 aliphatic carbocycles. The fourth-order valence-corrected chi connectivity index (χ4v) is 3.31. The quantitative estimate of drug-likeness (QED) is 0.558. The third-order valence-electron chi connectivity index (χ3n) is 4.51. The Bertz CT molecular complexity index is 673. The fraction of sp³-hybridized carbons (Fsp3) is 0.526. The second-order valence-electron chi connectivity index (χ2n) is 5.97. The molecule has 1 saturated heterocycles. The average Bonchev–Trinajstić information content (AvgIpc) is 3.08. The van der Waals surface area contributed by atoms with Crippen molar-refractivity contribution in [3.05, 3.63) is 29.8 Å². The van der Waals surface area contributed by atoms with E-state index in [2.05, 4.69) is 5.32 Å². The Kier molecular flexibility index (Phi) is 7.18. The molecule has 148 valence electrons. The third-order valence-corrected chi connectivity index (χ3v) is 4.51. The first-order valence-corrected chi connectivity index (χ1v) is 8.79. The first-order chi connectivity index (χ1) is 13.0. The van der Waals surface area contributed by atoms with Gasteiger partial charge in [-0.15, -0.1) is 0 Å². The summed E-state index contributed by atoms with van der Waals surface area (Å²) >= 11 is 0. The number of hydrogen-bond donors (Lipinski definition) is 1. The molecule has 1 aliphatic rings. The summed E-state index contributed by atoms with van der Waals surface area (Å²) in [5.74, 6) is -3.19. The van der Waals surface area contributed by atoms with E-state index >= 15 is 0 Å². The average molecular weight is 379 g/mol. The largest absolute Gasteiger partial charge is 0.497 e. The van der Waals surface area contributed by atoms with Crippen molar-refractivity contribution in [2.75, 3.05) is 27.4 Å². The lowest BCUT2D eigenvalue weighted by Crippen LogP contribution is -2.42. The van der Waals surface area contributed by atoms with Crippen LogP contribution in [0.5, 0.6) is 5.75 Å². The fourth-order valence-electron chi connectivity index (χ4n) is 3.31. The lowest BCUT2D eigenvalue weighted by atomic mass is 9.84. The lowest BCUT2D eigenvalue weighted by molar-refractivity contribution is -0.162. The Labute approximate surface area is 158 Å². The van der Waals surface area contributed by atoms with Gasteiger partial charge in [0.2, 0.25) is 0 Å². The highest BCUT2D eigenvalue weighted by atomic mass is 16.5. The molecule has 2 rings (SSSR count). The Hall–Kier alpha value is -2.61. The van der Waals surface area contributed by atoms with E-state index in [0.29, 0.717) is 5.75 Å². The topological polar surface area (TPSA) is 100 Å². The number of carbonyl (C=O) groups is 3. The van der Waals surface area contributed by atoms with Crippen molar-refractivity contribution in [2.24, 2.45) is 11.8 Å². The Morgan fingerprint density at radius 2 is 1.44 bits per heavy atom. The second-order valence-corrected chi connectivity index (χ2v) is 5.97. The van der Waals surface area contributed by atoms with Crippen LogP contribution in [0.3, 0.4) is 0 Å². The van der Waals surface area contributed by atoms with Crippen molar-refractivity contribution < 1.29 is 33.3 Å². The zero-order chi connectivity index (χ0) is 20.0. The molecule has 8 heteroatoms. The molecule has 1 N–H and O–H groups in total. The zero-order valence-electron chi connectivity index (χ0n) is 15.9. The standard InChI is InChI=1S/C19H25NO7/c1-5-26-17(21)13-14(18(22)27-6-2)16(19(23)25-4)20-15(13)11-7-9-12(24-3)10-8-11/h7-10,13-16,20H,5-6H2,1-4H3/t13-,14+,15-,16-/m0/s1. The maximum Gasteiger partial charge on any atom is 0.323 e. The van der Waals surface area contributed by atoms with E-state index in [4.69, 9.17) is 18.9 Å². The van der Waals surface area contributed by atoms with Crippen molar-refractivity contribution in [2.45, 2.75) is 25.9 Å². The molecule has 1 aromatic rings. The van der Waals surface area contributed by atoms with Gasteiger partial charge in [0.05, 0.1) is 39.3 Å². The van der Waals surface area contributed by atoms with E-state index in [-0.39, 0.29) is 13.2 Å². The van der Waals surface area contributed by atoms with Gasteiger partial charge in [-0.2, -0.15) is 0 Å². The molecular formula is C19H25NO7. The number of rotatable bonds is 7. The number of ether oxygens (including phenoxy) is 4. The van der Waals surface area contributed by atoms with E-state index < -0.39 is 41.8 Å². The minimum absolute atomic E-state index is 0.131. The first kappa shape index (κ1) is 20.7. The molecule has 0 spiro atoms. The second kappa shape index (κ2) is 9.36. The summed E-state index contributed by atoms with van der Waals surface area (Å²) in [6.45, 7) is 3.63. The highest BCUT2D eigenvalue weighted by Crippen LogP contribution is 2.40. The van der Waals surface area contributed by atoms with Gasteiger partial charge in [0.1, 0.15) is 11.8 Å². The normalized spacial score (nSPS) is 24.1. The SMILES string of the molecule is CCOC(=O)[C@@H]1[C@H](C(=O)OCC)[C@H](c2ccc(OC)cc2)N[C@@H]1C(=O)OC. The van der Waals surface area contributed by atoms with Gasteiger partial charge in [-0.05, 0) is 31.5 Å². The predicted molar refractivity (Wildman–Crippen MR) is 94.9 cm³/mol. The minimum atomic E-state index is -1.05. The Balaban J connectivity index is 2.47. The molecule has 0 radical (unpaired) electrons. The summed E-state index contributed by atoms with van der Waals surface area (Å²) in [6, 6.07) is 5.38. The van der Waals surface area contributed by atoms with Crippen molar-refractivity contribution in [3.8, 4) is 5.75 Å². The molecule has 1 aromatic carbocycles. The van der Waals surface area contributed by atoms with Crippen LogP contribution in [-0.2, 0) is 28.6 Å². The smallest absolute Gasteiger partial charge is 0.323 e. The molecule has 0 bridgehead atoms. The van der Waals surface area contributed by atoms with Crippen molar-refractivity contribution in [1.82, 2.24) is 5.32 Å². The monoisotopic (exact) mass is 379 g/mol. The summed E-state index contributed by atoms with van der Waals surface area (Å²) in [5, 5.41) is 3.06. The number of nitrogens with one attached hydrogen (secondary N) is 1. The third kappa shape index (κ3) is 4.39. The van der Waals surface area contributed by atoms with Gasteiger partial charge < -0.3 is 18.9 Å². The number of methoxy groups -OCH3 is 2. The van der Waals surface area contributed by atoms with Gasteiger partial charge in [-0.25, -0.2) is 0 Å². The van der Waals surface area contributed by atoms with E-state index in [1.54, 1.807) is 45.2 Å². The van der Waals surface area contributed by atoms with Crippen LogP contribution in [0.25, 0.3) is 0 Å². The molecule has 4 atom stereocenters. The van der Waals surface area contributed by atoms with Crippen LogP contribution in [-0.4, -0.2) is 51.4 Å². The summed E-state index contributed by atoms with van der Waals surface area (Å²) in [6.07, 6.45) is 0. The van der Waals surface area contributed by atoms with Gasteiger partial charge in [-0.3, -0.25) is 19.7 Å². The summed E-state index contributed by atoms with van der Waals surface area (Å²) in [7, 11) is 2.78. The zero-order valence-corrected chi connectivity index (χ0v) is 15.9. The Morgan fingerprint density at radius 1 is 0.889 bits per heavy atom. The van der Waals surface area contributed by atoms with E-state index in [1.165, 1.54) is 7.11 Å². The molecule has 27 heavy (non-hydrogen) atoms. The molecule has 1 heterocycles. The van der Waals surface area contributed by atoms with E-state index in [0.717, 1.165) is 5.56 Å². The lowest BCUT2D eigenvalue weighted by Gasteiger charge is -2.22. The summed E-state index contributed by atoms with van der Waals surface area (Å²) < 4.78 is 20.3. The van der Waals surface area contributed by atoms with Crippen LogP contribution in [0.1, 0.15) is 25.5 Å². The molecule has 0 unspecified atom stereocenters. The van der Waals surface area contributed by atoms with Crippen molar-refractivity contribution >= 4 is 17.9 Å². The van der Waals surface area contributed by atoms with Crippen molar-refractivity contribution in [1.29, 1.82) is 0 Å². The van der Waals surface area contributed by atoms with Gasteiger partial charge >= 0.3 is 17.9 Å².